The number of rotatable bonds is 50. The molecule has 0 aromatic heterocycles. The lowest BCUT2D eigenvalue weighted by molar-refractivity contribution is -0.0953. The van der Waals surface area contributed by atoms with Crippen molar-refractivity contribution in [1.29, 1.82) is 0 Å². The second-order valence-electron chi connectivity index (χ2n) is 25.7. The van der Waals surface area contributed by atoms with Gasteiger partial charge in [-0.2, -0.15) is 0 Å². The van der Waals surface area contributed by atoms with E-state index in [1.807, 2.05) is 72.8 Å². The molecule has 5 aromatic rings. The molecule has 0 spiro atoms. The van der Waals surface area contributed by atoms with Gasteiger partial charge in [0.05, 0.1) is 41.6 Å². The van der Waals surface area contributed by atoms with Gasteiger partial charge in [0.1, 0.15) is 0 Å². The maximum atomic E-state index is 14.7. The van der Waals surface area contributed by atoms with Crippen LogP contribution in [0.3, 0.4) is 0 Å². The van der Waals surface area contributed by atoms with Crippen LogP contribution in [0.1, 0.15) is 268 Å². The van der Waals surface area contributed by atoms with Crippen molar-refractivity contribution >= 4 is 34.5 Å². The van der Waals surface area contributed by atoms with Crippen molar-refractivity contribution in [3.8, 4) is 0 Å². The van der Waals surface area contributed by atoms with Crippen LogP contribution in [0.15, 0.2) is 150 Å². The Hall–Kier alpha value is -4.38. The van der Waals surface area contributed by atoms with Gasteiger partial charge in [0, 0.05) is 6.61 Å². The number of esters is 1. The van der Waals surface area contributed by atoms with Crippen LogP contribution >= 0.6 is 0 Å². The Morgan fingerprint density at radius 2 is 0.791 bits per heavy atom. The predicted octanol–water partition coefficient (Wildman–Crippen LogP) is 20.6. The summed E-state index contributed by atoms with van der Waals surface area (Å²) in [7, 11) is -6.58. The number of hydrogen-bond acceptors (Lipinski definition) is 7. The van der Waals surface area contributed by atoms with Crippen LogP contribution in [-0.2, 0) is 41.7 Å². The summed E-state index contributed by atoms with van der Waals surface area (Å²) in [5.41, 5.74) is 2.28. The molecule has 5 aromatic carbocycles. The van der Waals surface area contributed by atoms with E-state index in [1.54, 1.807) is 24.3 Å². The SMILES string of the molecule is CCCCCCCCCCCCCCCCCC(CCCCCCCCCCCCCCCCC)S(=O)(=O)c1ccc(C(=O)O[C@H](COCc2ccccc2)[C@@H](CCO[Si](c2ccccc2)(c2ccccc2)C(C)(C)C)OCc2ccccc2)cc1. The normalized spacial score (nSPS) is 12.9. The summed E-state index contributed by atoms with van der Waals surface area (Å²) in [5, 5.41) is 1.67. The number of benzene rings is 5. The first kappa shape index (κ1) is 72.4. The number of sulfone groups is 1. The highest BCUT2D eigenvalue weighted by Gasteiger charge is 2.50. The Balaban J connectivity index is 1.26. The molecule has 0 aliphatic rings. The Morgan fingerprint density at radius 1 is 0.430 bits per heavy atom. The molecule has 9 heteroatoms. The van der Waals surface area contributed by atoms with E-state index >= 15 is 0 Å². The van der Waals surface area contributed by atoms with Crippen molar-refractivity contribution in [1.82, 2.24) is 0 Å². The maximum absolute atomic E-state index is 14.7. The molecule has 0 N–H and O–H groups in total. The van der Waals surface area contributed by atoms with E-state index in [4.69, 9.17) is 18.6 Å². The fourth-order valence-electron chi connectivity index (χ4n) is 12.4. The van der Waals surface area contributed by atoms with Gasteiger partial charge < -0.3 is 18.6 Å². The molecule has 476 valence electrons. The van der Waals surface area contributed by atoms with Crippen LogP contribution in [0.5, 0.6) is 0 Å². The van der Waals surface area contributed by atoms with Gasteiger partial charge in [-0.3, -0.25) is 0 Å². The van der Waals surface area contributed by atoms with Crippen LogP contribution in [-0.4, -0.2) is 53.4 Å². The van der Waals surface area contributed by atoms with Gasteiger partial charge in [0.15, 0.2) is 15.9 Å². The molecular weight excluding hydrogens is 1100 g/mol. The monoisotopic (exact) mass is 1210 g/mol. The summed E-state index contributed by atoms with van der Waals surface area (Å²) in [6, 6.07) is 47.7. The van der Waals surface area contributed by atoms with Crippen molar-refractivity contribution < 1.29 is 31.8 Å². The van der Waals surface area contributed by atoms with Crippen molar-refractivity contribution in [2.45, 2.75) is 287 Å². The number of hydrogen-bond donors (Lipinski definition) is 0. The van der Waals surface area contributed by atoms with Gasteiger partial charge in [-0.1, -0.05) is 349 Å². The molecule has 0 aliphatic carbocycles. The van der Waals surface area contributed by atoms with Gasteiger partial charge in [0.25, 0.3) is 8.32 Å². The molecule has 0 aliphatic heterocycles. The van der Waals surface area contributed by atoms with Crippen LogP contribution in [0.4, 0.5) is 0 Å². The van der Waals surface area contributed by atoms with Gasteiger partial charge in [0.2, 0.25) is 0 Å². The van der Waals surface area contributed by atoms with Crippen molar-refractivity contribution in [3.05, 3.63) is 162 Å². The fourth-order valence-corrected chi connectivity index (χ4v) is 18.9. The third-order valence-electron chi connectivity index (χ3n) is 17.6. The van der Waals surface area contributed by atoms with E-state index < -0.39 is 41.6 Å². The minimum atomic E-state index is -3.67. The molecule has 0 fully saturated rings. The van der Waals surface area contributed by atoms with Gasteiger partial charge in [-0.05, 0) is 70.1 Å². The summed E-state index contributed by atoms with van der Waals surface area (Å²) < 4.78 is 56.6. The first-order valence-electron chi connectivity index (χ1n) is 34.6. The number of carbonyl (C=O) groups is 1. The Labute approximate surface area is 526 Å². The van der Waals surface area contributed by atoms with E-state index in [2.05, 4.69) is 83.1 Å². The van der Waals surface area contributed by atoms with Gasteiger partial charge in [-0.25, -0.2) is 13.2 Å². The summed E-state index contributed by atoms with van der Waals surface area (Å²) in [6.07, 6.45) is 38.7. The highest BCUT2D eigenvalue weighted by atomic mass is 32.2. The number of carbonyl (C=O) groups excluding carboxylic acids is 1. The van der Waals surface area contributed by atoms with Crippen LogP contribution in [0.25, 0.3) is 0 Å². The van der Waals surface area contributed by atoms with Crippen molar-refractivity contribution in [2.75, 3.05) is 13.2 Å². The smallest absolute Gasteiger partial charge is 0.338 e. The molecular formula is C77H116O7SSi. The molecule has 7 nitrogen and oxygen atoms in total. The molecule has 0 saturated carbocycles. The van der Waals surface area contributed by atoms with Gasteiger partial charge in [-0.15, -0.1) is 0 Å². The lowest BCUT2D eigenvalue weighted by Crippen LogP contribution is -2.66. The summed E-state index contributed by atoms with van der Waals surface area (Å²) in [5.74, 6) is -0.560. The zero-order valence-corrected chi connectivity index (χ0v) is 56.3. The molecule has 0 amide bonds. The summed E-state index contributed by atoms with van der Waals surface area (Å²) in [6.45, 7) is 12.4. The lowest BCUT2D eigenvalue weighted by atomic mass is 10.0. The summed E-state index contributed by atoms with van der Waals surface area (Å²) >= 11 is 0. The van der Waals surface area contributed by atoms with Crippen LogP contribution < -0.4 is 10.4 Å². The Morgan fingerprint density at radius 3 is 1.17 bits per heavy atom. The third-order valence-corrected chi connectivity index (χ3v) is 24.9. The van der Waals surface area contributed by atoms with Gasteiger partial charge >= 0.3 is 5.97 Å². The standard InChI is InChI=1S/C77H116O7SSi/c1-6-8-10-12-14-16-18-20-22-24-26-28-30-32-42-52-70(53-43-33-31-29-27-25-23-21-19-17-15-13-11-9-7-2)85(79,80)71-60-58-69(59-61-71)76(78)84-75(66-81-64-67-48-38-34-39-49-67)74(82-65-68-50-40-35-41-51-68)62-63-83-86(77(3,4)5,72-54-44-36-45-55-72)73-56-46-37-47-57-73/h34-41,44-51,54-61,70,74-75H,6-33,42-43,52-53,62-66H2,1-5H3/t74-,75-/m1/s1. The van der Waals surface area contributed by atoms with Crippen LogP contribution in [0, 0.1) is 0 Å². The predicted molar refractivity (Wildman–Crippen MR) is 365 cm³/mol. The molecule has 0 radical (unpaired) electrons. The molecule has 2 atom stereocenters. The second-order valence-corrected chi connectivity index (χ2v) is 32.3. The summed E-state index contributed by atoms with van der Waals surface area (Å²) in [4.78, 5) is 14.8. The quantitative estimate of drug-likeness (QED) is 0.0218. The highest BCUT2D eigenvalue weighted by Crippen LogP contribution is 2.37. The third kappa shape index (κ3) is 27.2. The first-order valence-corrected chi connectivity index (χ1v) is 38.0. The molecule has 86 heavy (non-hydrogen) atoms. The number of unbranched alkanes of at least 4 members (excludes halogenated alkanes) is 28. The van der Waals surface area contributed by atoms with Crippen molar-refractivity contribution in [2.24, 2.45) is 0 Å². The molecule has 0 saturated heterocycles. The minimum Gasteiger partial charge on any atom is -0.454 e. The maximum Gasteiger partial charge on any atom is 0.338 e. The Kier molecular flexibility index (Phi) is 36.4. The average molecular weight is 1210 g/mol. The zero-order valence-electron chi connectivity index (χ0n) is 54.5. The molecule has 0 heterocycles. The van der Waals surface area contributed by atoms with E-state index in [1.165, 1.54) is 164 Å². The Bertz CT molecular complexity index is 2480. The van der Waals surface area contributed by atoms with E-state index in [-0.39, 0.29) is 22.1 Å². The second kappa shape index (κ2) is 43.3. The van der Waals surface area contributed by atoms with E-state index in [0.29, 0.717) is 39.1 Å². The highest BCUT2D eigenvalue weighted by molar-refractivity contribution is 7.92. The van der Waals surface area contributed by atoms with E-state index in [0.717, 1.165) is 49.7 Å². The first-order chi connectivity index (χ1) is 42.0. The van der Waals surface area contributed by atoms with E-state index in [9.17, 15) is 13.2 Å². The van der Waals surface area contributed by atoms with Crippen molar-refractivity contribution in [3.63, 3.8) is 0 Å². The lowest BCUT2D eigenvalue weighted by Gasteiger charge is -2.43. The number of ether oxygens (including phenoxy) is 3. The molecule has 0 bridgehead atoms. The zero-order chi connectivity index (χ0) is 61.2. The minimum absolute atomic E-state index is 0.0755. The fraction of sp³-hybridized carbons (Fsp3) is 0.597. The largest absolute Gasteiger partial charge is 0.454 e. The topological polar surface area (TPSA) is 88.1 Å². The average Bonchev–Trinajstić information content (AvgIpc) is 1.59. The van der Waals surface area contributed by atoms with Crippen LogP contribution in [0.2, 0.25) is 5.04 Å². The molecule has 0 unspecified atom stereocenters. The molecule has 5 rings (SSSR count).